The minimum Gasteiger partial charge on any atom is -0.317 e. The van der Waals surface area contributed by atoms with Gasteiger partial charge in [0.1, 0.15) is 7.85 Å². The molecule has 1 aromatic rings. The summed E-state index contributed by atoms with van der Waals surface area (Å²) in [6.07, 6.45) is 2.44. The van der Waals surface area contributed by atoms with Crippen LogP contribution in [0.2, 0.25) is 0 Å². The molecule has 0 saturated carbocycles. The molecule has 72 valence electrons. The Kier molecular flexibility index (Phi) is 2.64. The molecule has 1 aliphatic heterocycles. The molecular weight excluding hydrogens is 169 g/mol. The highest BCUT2D eigenvalue weighted by Crippen LogP contribution is 2.32. The first-order chi connectivity index (χ1) is 6.71. The second kappa shape index (κ2) is 3.78. The molecule has 2 rings (SSSR count). The highest BCUT2D eigenvalue weighted by molar-refractivity contribution is 6.32. The first kappa shape index (κ1) is 9.79. The van der Waals surface area contributed by atoms with Crippen molar-refractivity contribution < 1.29 is 0 Å². The van der Waals surface area contributed by atoms with Crippen LogP contribution >= 0.6 is 0 Å². The largest absolute Gasteiger partial charge is 0.317 e. The topological polar surface area (TPSA) is 12.0 Å². The summed E-state index contributed by atoms with van der Waals surface area (Å²) >= 11 is 0. The highest BCUT2D eigenvalue weighted by Gasteiger charge is 2.28. The molecule has 0 bridgehead atoms. The average Bonchev–Trinajstić information content (AvgIpc) is 2.19. The normalized spacial score (nSPS) is 20.6. The Morgan fingerprint density at radius 3 is 2.29 bits per heavy atom. The third kappa shape index (κ3) is 1.85. The van der Waals surface area contributed by atoms with Crippen molar-refractivity contribution in [3.05, 3.63) is 29.8 Å². The third-order valence-corrected chi connectivity index (χ3v) is 3.31. The molecule has 0 atom stereocenters. The van der Waals surface area contributed by atoms with Crippen molar-refractivity contribution >= 4 is 13.3 Å². The fourth-order valence-electron chi connectivity index (χ4n) is 2.15. The van der Waals surface area contributed by atoms with Gasteiger partial charge in [-0.1, -0.05) is 36.7 Å². The zero-order valence-corrected chi connectivity index (χ0v) is 8.72. The minimum absolute atomic E-state index is 0.346. The molecule has 14 heavy (non-hydrogen) atoms. The van der Waals surface area contributed by atoms with Gasteiger partial charge in [-0.25, -0.2) is 0 Å². The lowest BCUT2D eigenvalue weighted by atomic mass is 9.74. The SMILES string of the molecule is [B]c1ccc(C2(C)CCNCC2)cc1. The van der Waals surface area contributed by atoms with Crippen LogP contribution in [0.3, 0.4) is 0 Å². The van der Waals surface area contributed by atoms with Gasteiger partial charge >= 0.3 is 0 Å². The minimum atomic E-state index is 0.346. The summed E-state index contributed by atoms with van der Waals surface area (Å²) in [6, 6.07) is 8.34. The van der Waals surface area contributed by atoms with E-state index in [0.29, 0.717) is 5.41 Å². The summed E-state index contributed by atoms with van der Waals surface area (Å²) in [4.78, 5) is 0. The molecule has 1 aromatic carbocycles. The zero-order chi connectivity index (χ0) is 10.0. The van der Waals surface area contributed by atoms with E-state index < -0.39 is 0 Å². The van der Waals surface area contributed by atoms with Crippen LogP contribution in [0.1, 0.15) is 25.3 Å². The van der Waals surface area contributed by atoms with Gasteiger partial charge in [-0.3, -0.25) is 0 Å². The summed E-state index contributed by atoms with van der Waals surface area (Å²) in [5.41, 5.74) is 2.62. The lowest BCUT2D eigenvalue weighted by Gasteiger charge is -2.34. The van der Waals surface area contributed by atoms with Crippen molar-refractivity contribution in [2.45, 2.75) is 25.2 Å². The third-order valence-electron chi connectivity index (χ3n) is 3.31. The van der Waals surface area contributed by atoms with E-state index in [1.54, 1.807) is 0 Å². The van der Waals surface area contributed by atoms with Crippen molar-refractivity contribution in [1.29, 1.82) is 0 Å². The van der Waals surface area contributed by atoms with Gasteiger partial charge in [0.2, 0.25) is 0 Å². The van der Waals surface area contributed by atoms with E-state index >= 15 is 0 Å². The standard InChI is InChI=1S/C12H16BN/c1-12(6-8-14-9-7-12)10-2-4-11(13)5-3-10/h2-5,14H,6-9H2,1H3. The lowest BCUT2D eigenvalue weighted by molar-refractivity contribution is 0.335. The number of nitrogens with one attached hydrogen (secondary N) is 1. The molecule has 0 amide bonds. The molecule has 0 unspecified atom stereocenters. The second-order valence-corrected chi connectivity index (χ2v) is 4.43. The van der Waals surface area contributed by atoms with Crippen LogP contribution in [0.25, 0.3) is 0 Å². The molecule has 2 radical (unpaired) electrons. The highest BCUT2D eigenvalue weighted by atomic mass is 14.9. The Hall–Kier alpha value is -0.755. The van der Waals surface area contributed by atoms with Crippen molar-refractivity contribution in [1.82, 2.24) is 5.32 Å². The van der Waals surface area contributed by atoms with Crippen LogP contribution in [-0.4, -0.2) is 20.9 Å². The van der Waals surface area contributed by atoms with Gasteiger partial charge in [-0.15, -0.1) is 0 Å². The van der Waals surface area contributed by atoms with Crippen LogP contribution < -0.4 is 10.8 Å². The first-order valence-corrected chi connectivity index (χ1v) is 5.27. The number of benzene rings is 1. The maximum absolute atomic E-state index is 5.69. The molecule has 1 nitrogen and oxygen atoms in total. The van der Waals surface area contributed by atoms with Gasteiger partial charge < -0.3 is 5.32 Å². The summed E-state index contributed by atoms with van der Waals surface area (Å²) in [7, 11) is 5.69. The predicted octanol–water partition coefficient (Wildman–Crippen LogP) is 1.12. The fraction of sp³-hybridized carbons (Fsp3) is 0.500. The van der Waals surface area contributed by atoms with E-state index in [9.17, 15) is 0 Å². The van der Waals surface area contributed by atoms with Crippen LogP contribution in [0.4, 0.5) is 0 Å². The summed E-state index contributed by atoms with van der Waals surface area (Å²) < 4.78 is 0. The average molecular weight is 185 g/mol. The Bertz CT molecular complexity index is 299. The van der Waals surface area contributed by atoms with Gasteiger partial charge in [-0.05, 0) is 36.9 Å². The van der Waals surface area contributed by atoms with Crippen LogP contribution in [-0.2, 0) is 5.41 Å². The number of hydrogen-bond acceptors (Lipinski definition) is 1. The molecule has 1 heterocycles. The molecule has 0 spiro atoms. The van der Waals surface area contributed by atoms with E-state index in [2.05, 4.69) is 24.4 Å². The summed E-state index contributed by atoms with van der Waals surface area (Å²) in [5, 5.41) is 3.40. The van der Waals surface area contributed by atoms with E-state index in [1.165, 1.54) is 18.4 Å². The van der Waals surface area contributed by atoms with Crippen LogP contribution in [0, 0.1) is 0 Å². The number of piperidine rings is 1. The maximum Gasteiger partial charge on any atom is 0.113 e. The predicted molar refractivity (Wildman–Crippen MR) is 61.3 cm³/mol. The maximum atomic E-state index is 5.69. The van der Waals surface area contributed by atoms with Gasteiger partial charge in [-0.2, -0.15) is 0 Å². The second-order valence-electron chi connectivity index (χ2n) is 4.43. The van der Waals surface area contributed by atoms with Crippen molar-refractivity contribution in [2.24, 2.45) is 0 Å². The molecule has 1 aliphatic rings. The van der Waals surface area contributed by atoms with Crippen molar-refractivity contribution in [2.75, 3.05) is 13.1 Å². The number of rotatable bonds is 1. The van der Waals surface area contributed by atoms with Crippen LogP contribution in [0.15, 0.2) is 24.3 Å². The fourth-order valence-corrected chi connectivity index (χ4v) is 2.15. The van der Waals surface area contributed by atoms with E-state index in [4.69, 9.17) is 7.85 Å². The first-order valence-electron chi connectivity index (χ1n) is 5.27. The van der Waals surface area contributed by atoms with Gasteiger partial charge in [0.15, 0.2) is 0 Å². The smallest absolute Gasteiger partial charge is 0.113 e. The molecular formula is C12H16BN. The zero-order valence-electron chi connectivity index (χ0n) is 8.72. The lowest BCUT2D eigenvalue weighted by Crippen LogP contribution is -2.37. The molecule has 1 fully saturated rings. The van der Waals surface area contributed by atoms with Gasteiger partial charge in [0.05, 0.1) is 0 Å². The molecule has 1 N–H and O–H groups in total. The van der Waals surface area contributed by atoms with Crippen molar-refractivity contribution in [3.8, 4) is 0 Å². The summed E-state index contributed by atoms with van der Waals surface area (Å²) in [5.74, 6) is 0. The van der Waals surface area contributed by atoms with E-state index in [-0.39, 0.29) is 0 Å². The monoisotopic (exact) mass is 185 g/mol. The molecule has 0 aliphatic carbocycles. The van der Waals surface area contributed by atoms with E-state index in [0.717, 1.165) is 18.6 Å². The number of hydrogen-bond donors (Lipinski definition) is 1. The molecule has 2 heteroatoms. The Morgan fingerprint density at radius 1 is 1.14 bits per heavy atom. The van der Waals surface area contributed by atoms with Gasteiger partial charge in [0, 0.05) is 0 Å². The van der Waals surface area contributed by atoms with Crippen molar-refractivity contribution in [3.63, 3.8) is 0 Å². The Balaban J connectivity index is 2.23. The Morgan fingerprint density at radius 2 is 1.71 bits per heavy atom. The van der Waals surface area contributed by atoms with E-state index in [1.807, 2.05) is 12.1 Å². The molecule has 0 aromatic heterocycles. The Labute approximate surface area is 87.3 Å². The van der Waals surface area contributed by atoms with Crippen LogP contribution in [0.5, 0.6) is 0 Å². The quantitative estimate of drug-likeness (QED) is 0.646. The van der Waals surface area contributed by atoms with Gasteiger partial charge in [0.25, 0.3) is 0 Å². The summed E-state index contributed by atoms with van der Waals surface area (Å²) in [6.45, 7) is 4.60. The molecule has 1 saturated heterocycles.